The van der Waals surface area contributed by atoms with Crippen molar-refractivity contribution in [1.82, 2.24) is 4.90 Å². The van der Waals surface area contributed by atoms with Gasteiger partial charge in [-0.15, -0.1) is 0 Å². The number of rotatable bonds is 3. The summed E-state index contributed by atoms with van der Waals surface area (Å²) < 4.78 is 19.3. The third-order valence-electron chi connectivity index (χ3n) is 3.51. The normalized spacial score (nSPS) is 18.4. The number of esters is 1. The van der Waals surface area contributed by atoms with E-state index < -0.39 is 5.82 Å². The van der Waals surface area contributed by atoms with Crippen LogP contribution in [0.25, 0.3) is 0 Å². The fraction of sp³-hybridized carbons (Fsp3) is 0.467. The monoisotopic (exact) mass is 357 g/mol. The number of carbonyl (C=O) groups excluding carboxylic acids is 2. The minimum atomic E-state index is -0.569. The zero-order valence-electron chi connectivity index (χ0n) is 11.8. The van der Waals surface area contributed by atoms with Crippen molar-refractivity contribution in [2.45, 2.75) is 19.8 Å². The molecule has 1 aliphatic heterocycles. The Hall–Kier alpha value is -1.43. The summed E-state index contributed by atoms with van der Waals surface area (Å²) in [5, 5.41) is 0. The van der Waals surface area contributed by atoms with E-state index in [9.17, 15) is 14.0 Å². The van der Waals surface area contributed by atoms with E-state index in [1.54, 1.807) is 19.1 Å². The van der Waals surface area contributed by atoms with Gasteiger partial charge in [-0.3, -0.25) is 9.59 Å². The predicted octanol–water partition coefficient (Wildman–Crippen LogP) is 3.00. The molecule has 6 heteroatoms. The zero-order chi connectivity index (χ0) is 15.4. The van der Waals surface area contributed by atoms with Gasteiger partial charge in [0, 0.05) is 13.1 Å². The molecule has 1 heterocycles. The van der Waals surface area contributed by atoms with Gasteiger partial charge in [0.1, 0.15) is 5.82 Å². The van der Waals surface area contributed by atoms with Gasteiger partial charge in [0.2, 0.25) is 0 Å². The lowest BCUT2D eigenvalue weighted by Crippen LogP contribution is -2.43. The minimum Gasteiger partial charge on any atom is -0.466 e. The zero-order valence-corrected chi connectivity index (χ0v) is 13.4. The summed E-state index contributed by atoms with van der Waals surface area (Å²) in [5.74, 6) is -1.56. The van der Waals surface area contributed by atoms with E-state index in [1.165, 1.54) is 11.0 Å². The molecular formula is C15H17BrFNO3. The Labute approximate surface area is 131 Å². The number of piperidine rings is 1. The highest BCUT2D eigenvalue weighted by Crippen LogP contribution is 2.23. The first-order chi connectivity index (χ1) is 10.0. The van der Waals surface area contributed by atoms with E-state index in [0.29, 0.717) is 26.0 Å². The standard InChI is InChI=1S/C15H17BrFNO3/c1-2-21-15(20)10-5-4-8-18(9-10)14(19)11-6-3-7-12(16)13(11)17/h3,6-7,10H,2,4-5,8-9H2,1H3/t10-/m1/s1. The number of amides is 1. The van der Waals surface area contributed by atoms with Crippen LogP contribution in [-0.2, 0) is 9.53 Å². The van der Waals surface area contributed by atoms with Crippen molar-refractivity contribution in [3.8, 4) is 0 Å². The molecule has 1 aromatic rings. The lowest BCUT2D eigenvalue weighted by Gasteiger charge is -2.31. The van der Waals surface area contributed by atoms with E-state index in [4.69, 9.17) is 4.74 Å². The van der Waals surface area contributed by atoms with Gasteiger partial charge in [-0.1, -0.05) is 6.07 Å². The van der Waals surface area contributed by atoms with Crippen molar-refractivity contribution < 1.29 is 18.7 Å². The molecule has 1 aliphatic rings. The number of halogens is 2. The number of carbonyl (C=O) groups is 2. The van der Waals surface area contributed by atoms with E-state index in [0.717, 1.165) is 0 Å². The van der Waals surface area contributed by atoms with Gasteiger partial charge in [-0.25, -0.2) is 4.39 Å². The van der Waals surface area contributed by atoms with Crippen molar-refractivity contribution in [3.63, 3.8) is 0 Å². The first kappa shape index (κ1) is 15.9. The minimum absolute atomic E-state index is 0.0221. The molecule has 1 aromatic carbocycles. The topological polar surface area (TPSA) is 46.6 Å². The average Bonchev–Trinajstić information content (AvgIpc) is 2.50. The maximum absolute atomic E-state index is 14.0. The third kappa shape index (κ3) is 3.61. The van der Waals surface area contributed by atoms with Crippen LogP contribution in [0.2, 0.25) is 0 Å². The van der Waals surface area contributed by atoms with Crippen LogP contribution in [0.15, 0.2) is 22.7 Å². The second-order valence-electron chi connectivity index (χ2n) is 4.94. The molecule has 0 N–H and O–H groups in total. The number of hydrogen-bond acceptors (Lipinski definition) is 3. The van der Waals surface area contributed by atoms with Crippen LogP contribution >= 0.6 is 15.9 Å². The molecule has 0 spiro atoms. The van der Waals surface area contributed by atoms with Crippen LogP contribution in [0.1, 0.15) is 30.1 Å². The Morgan fingerprint density at radius 3 is 2.95 bits per heavy atom. The average molecular weight is 358 g/mol. The summed E-state index contributed by atoms with van der Waals surface area (Å²) >= 11 is 3.07. The Kier molecular flexibility index (Phi) is 5.33. The molecule has 4 nitrogen and oxygen atoms in total. The maximum atomic E-state index is 14.0. The number of nitrogens with zero attached hydrogens (tertiary/aromatic N) is 1. The molecule has 0 aliphatic carbocycles. The van der Waals surface area contributed by atoms with E-state index >= 15 is 0 Å². The lowest BCUT2D eigenvalue weighted by atomic mass is 9.97. The number of ether oxygens (including phenoxy) is 1. The smallest absolute Gasteiger partial charge is 0.310 e. The van der Waals surface area contributed by atoms with Crippen molar-refractivity contribution >= 4 is 27.8 Å². The summed E-state index contributed by atoms with van der Waals surface area (Å²) in [5.41, 5.74) is 0.0221. The highest BCUT2D eigenvalue weighted by Gasteiger charge is 2.30. The molecule has 0 radical (unpaired) electrons. The summed E-state index contributed by atoms with van der Waals surface area (Å²) in [4.78, 5) is 25.7. The number of likely N-dealkylation sites (tertiary alicyclic amines) is 1. The fourth-order valence-corrected chi connectivity index (χ4v) is 2.82. The van der Waals surface area contributed by atoms with Gasteiger partial charge in [0.05, 0.1) is 22.6 Å². The number of benzene rings is 1. The molecule has 114 valence electrons. The van der Waals surface area contributed by atoms with Crippen molar-refractivity contribution in [3.05, 3.63) is 34.1 Å². The molecule has 0 unspecified atom stereocenters. The van der Waals surface area contributed by atoms with Gasteiger partial charge in [0.25, 0.3) is 5.91 Å². The van der Waals surface area contributed by atoms with Crippen LogP contribution in [0.4, 0.5) is 4.39 Å². The van der Waals surface area contributed by atoms with Gasteiger partial charge in [0.15, 0.2) is 0 Å². The first-order valence-corrected chi connectivity index (χ1v) is 7.73. The Morgan fingerprint density at radius 2 is 2.24 bits per heavy atom. The fourth-order valence-electron chi connectivity index (χ4n) is 2.45. The van der Waals surface area contributed by atoms with Gasteiger partial charge < -0.3 is 9.64 Å². The van der Waals surface area contributed by atoms with Crippen LogP contribution < -0.4 is 0 Å². The molecule has 1 fully saturated rings. The predicted molar refractivity (Wildman–Crippen MR) is 79.4 cm³/mol. The van der Waals surface area contributed by atoms with E-state index in [2.05, 4.69) is 15.9 Å². The largest absolute Gasteiger partial charge is 0.466 e. The quantitative estimate of drug-likeness (QED) is 0.781. The molecule has 0 bridgehead atoms. The van der Waals surface area contributed by atoms with Crippen LogP contribution in [0, 0.1) is 11.7 Å². The molecule has 1 atom stereocenters. The van der Waals surface area contributed by atoms with E-state index in [-0.39, 0.29) is 34.4 Å². The SMILES string of the molecule is CCOC(=O)[C@@H]1CCCN(C(=O)c2cccc(Br)c2F)C1. The lowest BCUT2D eigenvalue weighted by molar-refractivity contribution is -0.149. The molecule has 0 aromatic heterocycles. The van der Waals surface area contributed by atoms with Crippen molar-refractivity contribution in [1.29, 1.82) is 0 Å². The molecular weight excluding hydrogens is 341 g/mol. The second-order valence-corrected chi connectivity index (χ2v) is 5.80. The molecule has 1 saturated heterocycles. The molecule has 1 amide bonds. The summed E-state index contributed by atoms with van der Waals surface area (Å²) in [6.45, 7) is 2.88. The molecule has 21 heavy (non-hydrogen) atoms. The van der Waals surface area contributed by atoms with Crippen molar-refractivity contribution in [2.24, 2.45) is 5.92 Å². The van der Waals surface area contributed by atoms with Gasteiger partial charge >= 0.3 is 5.97 Å². The van der Waals surface area contributed by atoms with Crippen LogP contribution in [0.3, 0.4) is 0 Å². The molecule has 0 saturated carbocycles. The highest BCUT2D eigenvalue weighted by atomic mass is 79.9. The van der Waals surface area contributed by atoms with E-state index in [1.807, 2.05) is 0 Å². The van der Waals surface area contributed by atoms with Crippen LogP contribution in [-0.4, -0.2) is 36.5 Å². The Morgan fingerprint density at radius 1 is 1.48 bits per heavy atom. The third-order valence-corrected chi connectivity index (χ3v) is 4.12. The maximum Gasteiger partial charge on any atom is 0.310 e. The highest BCUT2D eigenvalue weighted by molar-refractivity contribution is 9.10. The molecule has 2 rings (SSSR count). The Balaban J connectivity index is 2.12. The van der Waals surface area contributed by atoms with Gasteiger partial charge in [-0.2, -0.15) is 0 Å². The second kappa shape index (κ2) is 7.02. The van der Waals surface area contributed by atoms with Crippen molar-refractivity contribution in [2.75, 3.05) is 19.7 Å². The summed E-state index contributed by atoms with van der Waals surface area (Å²) in [7, 11) is 0. The van der Waals surface area contributed by atoms with Crippen LogP contribution in [0.5, 0.6) is 0 Å². The number of hydrogen-bond donors (Lipinski definition) is 0. The summed E-state index contributed by atoms with van der Waals surface area (Å²) in [6.07, 6.45) is 1.41. The first-order valence-electron chi connectivity index (χ1n) is 6.94. The summed E-state index contributed by atoms with van der Waals surface area (Å²) in [6, 6.07) is 4.62. The Bertz CT molecular complexity index is 550. The van der Waals surface area contributed by atoms with Gasteiger partial charge in [-0.05, 0) is 47.8 Å².